The molecule has 0 spiro atoms. The number of hydrogen-bond acceptors (Lipinski definition) is 6. The topological polar surface area (TPSA) is 77.0 Å². The molecular formula is C36H42N4O2. The predicted octanol–water partition coefficient (Wildman–Crippen LogP) is 6.57. The Balaban J connectivity index is 0.986. The van der Waals surface area contributed by atoms with Crippen LogP contribution in [0.4, 0.5) is 11.4 Å². The number of nitrogens with zero attached hydrogens (tertiary/aromatic N) is 2. The van der Waals surface area contributed by atoms with Gasteiger partial charge in [0.2, 0.25) is 0 Å². The van der Waals surface area contributed by atoms with Crippen molar-refractivity contribution >= 4 is 11.4 Å². The third kappa shape index (κ3) is 7.07. The summed E-state index contributed by atoms with van der Waals surface area (Å²) in [6, 6.07) is 33.3. The van der Waals surface area contributed by atoms with Crippen molar-refractivity contribution in [2.45, 2.75) is 43.9 Å². The molecule has 0 bridgehead atoms. The number of likely N-dealkylation sites (tertiary alicyclic amines) is 2. The van der Waals surface area contributed by atoms with Crippen LogP contribution in [-0.2, 0) is 0 Å². The molecule has 4 aromatic rings. The minimum atomic E-state index is 0.221. The van der Waals surface area contributed by atoms with E-state index in [9.17, 15) is 0 Å². The molecule has 6 nitrogen and oxygen atoms in total. The van der Waals surface area contributed by atoms with E-state index in [-0.39, 0.29) is 12.2 Å². The van der Waals surface area contributed by atoms with E-state index in [2.05, 4.69) is 77.5 Å². The molecule has 0 amide bonds. The lowest BCUT2D eigenvalue weighted by atomic mass is 9.98. The zero-order chi connectivity index (χ0) is 28.9. The summed E-state index contributed by atoms with van der Waals surface area (Å²) in [5.74, 6) is 1.87. The van der Waals surface area contributed by atoms with Crippen molar-refractivity contribution in [2.24, 2.45) is 0 Å². The van der Waals surface area contributed by atoms with Crippen molar-refractivity contribution < 1.29 is 9.47 Å². The minimum Gasteiger partial charge on any atom is -0.490 e. The van der Waals surface area contributed by atoms with Crippen LogP contribution in [0.3, 0.4) is 0 Å². The highest BCUT2D eigenvalue weighted by atomic mass is 16.5. The van der Waals surface area contributed by atoms with Gasteiger partial charge in [-0.1, -0.05) is 48.5 Å². The first kappa shape index (κ1) is 28.1. The average molecular weight is 563 g/mol. The quantitative estimate of drug-likeness (QED) is 0.237. The molecular weight excluding hydrogens is 520 g/mol. The molecule has 6 rings (SSSR count). The van der Waals surface area contributed by atoms with E-state index in [0.717, 1.165) is 97.0 Å². The fourth-order valence-electron chi connectivity index (χ4n) is 6.26. The van der Waals surface area contributed by atoms with Crippen LogP contribution in [0.1, 0.15) is 25.7 Å². The van der Waals surface area contributed by atoms with E-state index in [0.29, 0.717) is 6.04 Å². The van der Waals surface area contributed by atoms with E-state index in [1.807, 2.05) is 36.4 Å². The van der Waals surface area contributed by atoms with Gasteiger partial charge < -0.3 is 30.7 Å². The number of anilines is 2. The summed E-state index contributed by atoms with van der Waals surface area (Å²) in [5, 5.41) is 0. The first-order valence-electron chi connectivity index (χ1n) is 15.2. The average Bonchev–Trinajstić information content (AvgIpc) is 3.00. The second-order valence-electron chi connectivity index (χ2n) is 11.8. The molecule has 0 radical (unpaired) electrons. The maximum absolute atomic E-state index is 6.54. The maximum Gasteiger partial charge on any atom is 0.120 e. The number of rotatable bonds is 8. The lowest BCUT2D eigenvalue weighted by molar-refractivity contribution is 0.0357. The molecule has 42 heavy (non-hydrogen) atoms. The van der Waals surface area contributed by atoms with Gasteiger partial charge >= 0.3 is 0 Å². The van der Waals surface area contributed by atoms with E-state index in [4.69, 9.17) is 20.9 Å². The van der Waals surface area contributed by atoms with Crippen LogP contribution in [0.2, 0.25) is 0 Å². The zero-order valence-corrected chi connectivity index (χ0v) is 24.5. The fraction of sp³-hybridized carbons (Fsp3) is 0.333. The number of nitrogen functional groups attached to an aromatic ring is 2. The highest BCUT2D eigenvalue weighted by molar-refractivity contribution is 5.69. The molecule has 6 heteroatoms. The molecule has 2 unspecified atom stereocenters. The molecule has 4 N–H and O–H groups in total. The van der Waals surface area contributed by atoms with Crippen LogP contribution in [0.25, 0.3) is 22.3 Å². The molecule has 0 aliphatic carbocycles. The van der Waals surface area contributed by atoms with E-state index < -0.39 is 0 Å². The molecule has 2 fully saturated rings. The Morgan fingerprint density at radius 1 is 0.619 bits per heavy atom. The van der Waals surface area contributed by atoms with Crippen LogP contribution in [0.15, 0.2) is 97.1 Å². The molecule has 218 valence electrons. The third-order valence-electron chi connectivity index (χ3n) is 8.70. The van der Waals surface area contributed by atoms with Crippen LogP contribution in [0.5, 0.6) is 11.5 Å². The van der Waals surface area contributed by atoms with Gasteiger partial charge in [0, 0.05) is 50.0 Å². The second kappa shape index (κ2) is 12.9. The smallest absolute Gasteiger partial charge is 0.120 e. The zero-order valence-electron chi connectivity index (χ0n) is 24.5. The van der Waals surface area contributed by atoms with E-state index in [1.54, 1.807) is 0 Å². The van der Waals surface area contributed by atoms with E-state index in [1.165, 1.54) is 0 Å². The lowest BCUT2D eigenvalue weighted by Crippen LogP contribution is -2.51. The largest absolute Gasteiger partial charge is 0.490 e. The molecule has 0 aromatic heterocycles. The van der Waals surface area contributed by atoms with Crippen LogP contribution in [-0.4, -0.2) is 61.3 Å². The van der Waals surface area contributed by atoms with Gasteiger partial charge in [0.1, 0.15) is 23.7 Å². The van der Waals surface area contributed by atoms with E-state index >= 15 is 0 Å². The number of ether oxygens (including phenoxy) is 2. The number of hydrogen-bond donors (Lipinski definition) is 2. The van der Waals surface area contributed by atoms with Gasteiger partial charge in [-0.05, 0) is 97.1 Å². The summed E-state index contributed by atoms with van der Waals surface area (Å²) in [4.78, 5) is 5.11. The molecule has 2 aliphatic rings. The maximum atomic E-state index is 6.54. The molecule has 2 saturated heterocycles. The number of benzene rings is 4. The lowest BCUT2D eigenvalue weighted by Gasteiger charge is -2.41. The van der Waals surface area contributed by atoms with Crippen molar-refractivity contribution in [1.29, 1.82) is 0 Å². The van der Waals surface area contributed by atoms with Crippen LogP contribution >= 0.6 is 0 Å². The molecule has 0 saturated carbocycles. The SMILES string of the molecule is CN1CCC(Oc2cccc(-c3cccc(N)c3)c2)CC1CN1CCC(Oc2ccc(-c3cccc(N)c3)cc2)CC1. The molecule has 4 aromatic carbocycles. The normalized spacial score (nSPS) is 20.3. The van der Waals surface area contributed by atoms with Gasteiger partial charge in [-0.15, -0.1) is 0 Å². The standard InChI is InChI=1S/C36H42N4O2/c1-39-18-15-36(42-35-10-4-7-29(23-35)28-6-3-9-31(38)22-28)24-32(39)25-40-19-16-34(17-20-40)41-33-13-11-26(12-14-33)27-5-2-8-30(37)21-27/h2-14,21-23,32,34,36H,15-20,24-25,37-38H2,1H3. The summed E-state index contributed by atoms with van der Waals surface area (Å²) in [7, 11) is 2.25. The Hall–Kier alpha value is -4.00. The monoisotopic (exact) mass is 562 g/mol. The van der Waals surface area contributed by atoms with Crippen LogP contribution in [0, 0.1) is 0 Å². The van der Waals surface area contributed by atoms with Crippen LogP contribution < -0.4 is 20.9 Å². The first-order valence-corrected chi connectivity index (χ1v) is 15.2. The summed E-state index contributed by atoms with van der Waals surface area (Å²) in [6.45, 7) is 4.24. The van der Waals surface area contributed by atoms with Crippen molar-refractivity contribution in [2.75, 3.05) is 44.7 Å². The van der Waals surface area contributed by atoms with Gasteiger partial charge in [0.25, 0.3) is 0 Å². The number of piperidine rings is 2. The first-order chi connectivity index (χ1) is 20.5. The Labute approximate surface area is 249 Å². The van der Waals surface area contributed by atoms with Crippen molar-refractivity contribution in [3.05, 3.63) is 97.1 Å². The predicted molar refractivity (Wildman–Crippen MR) is 173 cm³/mol. The summed E-state index contributed by atoms with van der Waals surface area (Å²) in [5.41, 5.74) is 18.0. The van der Waals surface area contributed by atoms with Crippen molar-refractivity contribution in [3.8, 4) is 33.8 Å². The Kier molecular flexibility index (Phi) is 8.63. The van der Waals surface area contributed by atoms with Gasteiger partial charge in [-0.2, -0.15) is 0 Å². The third-order valence-corrected chi connectivity index (χ3v) is 8.70. The highest BCUT2D eigenvalue weighted by Crippen LogP contribution is 2.29. The minimum absolute atomic E-state index is 0.221. The molecule has 2 aliphatic heterocycles. The van der Waals surface area contributed by atoms with Crippen molar-refractivity contribution in [1.82, 2.24) is 9.80 Å². The molecule has 2 atom stereocenters. The fourth-order valence-corrected chi connectivity index (χ4v) is 6.26. The molecule has 2 heterocycles. The van der Waals surface area contributed by atoms with Gasteiger partial charge in [0.15, 0.2) is 0 Å². The Bertz CT molecular complexity index is 1470. The van der Waals surface area contributed by atoms with Crippen molar-refractivity contribution in [3.63, 3.8) is 0 Å². The van der Waals surface area contributed by atoms with Gasteiger partial charge in [0.05, 0.1) is 0 Å². The Morgan fingerprint density at radius 3 is 1.86 bits per heavy atom. The summed E-state index contributed by atoms with van der Waals surface area (Å²) in [6.07, 6.45) is 4.65. The Morgan fingerprint density at radius 2 is 1.19 bits per heavy atom. The number of nitrogens with two attached hydrogens (primary N) is 2. The second-order valence-corrected chi connectivity index (χ2v) is 11.8. The summed E-state index contributed by atoms with van der Waals surface area (Å²) >= 11 is 0. The van der Waals surface area contributed by atoms with Gasteiger partial charge in [-0.3, -0.25) is 0 Å². The highest BCUT2D eigenvalue weighted by Gasteiger charge is 2.30. The van der Waals surface area contributed by atoms with Gasteiger partial charge in [-0.25, -0.2) is 0 Å². The number of likely N-dealkylation sites (N-methyl/N-ethyl adjacent to an activating group) is 1. The summed E-state index contributed by atoms with van der Waals surface area (Å²) < 4.78 is 12.9.